The van der Waals surface area contributed by atoms with E-state index in [1.807, 2.05) is 24.3 Å². The lowest BCUT2D eigenvalue weighted by atomic mass is 10.2. The molecule has 0 unspecified atom stereocenters. The number of rotatable bonds is 6. The molecule has 23 heavy (non-hydrogen) atoms. The number of hydrogen-bond donors (Lipinski definition) is 1. The Balaban J connectivity index is 1.56. The average Bonchev–Trinajstić information content (AvgIpc) is 3.16. The molecule has 7 nitrogen and oxygen atoms in total. The van der Waals surface area contributed by atoms with Crippen LogP contribution in [0.5, 0.6) is 5.75 Å². The van der Waals surface area contributed by atoms with Gasteiger partial charge in [-0.15, -0.1) is 5.10 Å². The number of nitrogens with one attached hydrogen (secondary N) is 1. The van der Waals surface area contributed by atoms with E-state index in [1.54, 1.807) is 7.11 Å². The number of carbonyl (C=O) groups excluding carboxylic acids is 2. The first kappa shape index (κ1) is 15.5. The molecule has 0 radical (unpaired) electrons. The molecule has 1 fully saturated rings. The largest absolute Gasteiger partial charge is 0.497 e. The van der Waals surface area contributed by atoms with Gasteiger partial charge >= 0.3 is 0 Å². The fourth-order valence-corrected chi connectivity index (χ4v) is 3.01. The number of nitrogens with zero attached hydrogens (tertiary/aromatic N) is 3. The molecule has 2 aromatic rings. The fourth-order valence-electron chi connectivity index (χ4n) is 2.29. The molecule has 2 amide bonds. The summed E-state index contributed by atoms with van der Waals surface area (Å²) in [5.41, 5.74) is 0.912. The minimum absolute atomic E-state index is 0.0930. The van der Waals surface area contributed by atoms with Crippen LogP contribution in [0.15, 0.2) is 29.4 Å². The van der Waals surface area contributed by atoms with Crippen LogP contribution in [-0.2, 0) is 9.59 Å². The number of carbonyl (C=O) groups is 2. The predicted molar refractivity (Wildman–Crippen MR) is 85.0 cm³/mol. The number of amides is 2. The summed E-state index contributed by atoms with van der Waals surface area (Å²) in [6.45, 7) is 0.398. The van der Waals surface area contributed by atoms with Crippen LogP contribution < -0.4 is 4.74 Å². The first-order chi connectivity index (χ1) is 11.2. The summed E-state index contributed by atoms with van der Waals surface area (Å²) in [7, 11) is 1.62. The van der Waals surface area contributed by atoms with Crippen LogP contribution in [0, 0.1) is 0 Å². The van der Waals surface area contributed by atoms with Gasteiger partial charge < -0.3 is 4.74 Å². The molecule has 0 bridgehead atoms. The molecule has 1 aliphatic heterocycles. The second-order valence-corrected chi connectivity index (χ2v) is 6.04. The molecule has 1 N–H and O–H groups in total. The predicted octanol–water partition coefficient (Wildman–Crippen LogP) is 1.72. The summed E-state index contributed by atoms with van der Waals surface area (Å²) in [6, 6.07) is 7.51. The van der Waals surface area contributed by atoms with Crippen molar-refractivity contribution >= 4 is 23.6 Å². The molecule has 3 rings (SSSR count). The average molecular weight is 332 g/mol. The fraction of sp³-hybridized carbons (Fsp3) is 0.333. The molecule has 1 aliphatic rings. The van der Waals surface area contributed by atoms with Gasteiger partial charge in [0.2, 0.25) is 17.0 Å². The quantitative estimate of drug-likeness (QED) is 0.640. The standard InChI is InChI=1S/C15H16N4O3S/c1-22-11-4-2-10(3-5-11)14-16-15(18-17-14)23-9-8-19-12(20)6-7-13(19)21/h2-5H,6-9H2,1H3,(H,16,17,18). The Labute approximate surface area is 137 Å². The van der Waals surface area contributed by atoms with Crippen molar-refractivity contribution in [3.05, 3.63) is 24.3 Å². The molecule has 0 spiro atoms. The second kappa shape index (κ2) is 6.82. The lowest BCUT2D eigenvalue weighted by molar-refractivity contribution is -0.137. The van der Waals surface area contributed by atoms with E-state index in [-0.39, 0.29) is 11.8 Å². The molecule has 1 aromatic heterocycles. The summed E-state index contributed by atoms with van der Waals surface area (Å²) >= 11 is 1.41. The monoisotopic (exact) mass is 332 g/mol. The van der Waals surface area contributed by atoms with Crippen molar-refractivity contribution in [2.24, 2.45) is 0 Å². The highest BCUT2D eigenvalue weighted by molar-refractivity contribution is 7.99. The van der Waals surface area contributed by atoms with E-state index < -0.39 is 0 Å². The van der Waals surface area contributed by atoms with Crippen molar-refractivity contribution in [1.29, 1.82) is 0 Å². The Morgan fingerprint density at radius 1 is 1.22 bits per heavy atom. The molecule has 1 saturated heterocycles. The number of benzene rings is 1. The van der Waals surface area contributed by atoms with Crippen molar-refractivity contribution in [3.8, 4) is 17.1 Å². The third-order valence-electron chi connectivity index (χ3n) is 3.53. The molecule has 120 valence electrons. The molecular weight excluding hydrogens is 316 g/mol. The summed E-state index contributed by atoms with van der Waals surface area (Å²) < 4.78 is 5.12. The summed E-state index contributed by atoms with van der Waals surface area (Å²) in [6.07, 6.45) is 0.650. The molecule has 2 heterocycles. The summed E-state index contributed by atoms with van der Waals surface area (Å²) in [4.78, 5) is 28.7. The normalized spacial score (nSPS) is 14.6. The Hall–Kier alpha value is -2.35. The Kier molecular flexibility index (Phi) is 4.61. The van der Waals surface area contributed by atoms with Crippen molar-refractivity contribution in [2.75, 3.05) is 19.4 Å². The van der Waals surface area contributed by atoms with Crippen molar-refractivity contribution < 1.29 is 14.3 Å². The van der Waals surface area contributed by atoms with Gasteiger partial charge in [-0.25, -0.2) is 4.98 Å². The van der Waals surface area contributed by atoms with Crippen LogP contribution >= 0.6 is 11.8 Å². The van der Waals surface area contributed by atoms with Crippen LogP contribution in [-0.4, -0.2) is 51.3 Å². The number of H-pyrrole nitrogens is 1. The van der Waals surface area contributed by atoms with Crippen LogP contribution in [0.25, 0.3) is 11.4 Å². The van der Waals surface area contributed by atoms with Gasteiger partial charge in [0.15, 0.2) is 5.82 Å². The molecule has 0 aliphatic carbocycles. The van der Waals surface area contributed by atoms with Gasteiger partial charge in [0.1, 0.15) is 5.75 Å². The third-order valence-corrected chi connectivity index (χ3v) is 4.36. The van der Waals surface area contributed by atoms with E-state index in [0.717, 1.165) is 11.3 Å². The van der Waals surface area contributed by atoms with Crippen LogP contribution in [0.2, 0.25) is 0 Å². The number of thioether (sulfide) groups is 1. The Bertz CT molecular complexity index is 698. The maximum Gasteiger partial charge on any atom is 0.229 e. The van der Waals surface area contributed by atoms with Crippen LogP contribution in [0.3, 0.4) is 0 Å². The highest BCUT2D eigenvalue weighted by Gasteiger charge is 2.28. The van der Waals surface area contributed by atoms with E-state index in [4.69, 9.17) is 4.74 Å². The zero-order valence-electron chi connectivity index (χ0n) is 12.6. The number of likely N-dealkylation sites (tertiary alicyclic amines) is 1. The lowest BCUT2D eigenvalue weighted by Crippen LogP contribution is -2.31. The van der Waals surface area contributed by atoms with E-state index in [2.05, 4.69) is 15.2 Å². The zero-order chi connectivity index (χ0) is 16.2. The van der Waals surface area contributed by atoms with E-state index in [9.17, 15) is 9.59 Å². The number of methoxy groups -OCH3 is 1. The molecule has 8 heteroatoms. The van der Waals surface area contributed by atoms with E-state index in [1.165, 1.54) is 16.7 Å². The third kappa shape index (κ3) is 3.53. The van der Waals surface area contributed by atoms with E-state index >= 15 is 0 Å². The SMILES string of the molecule is COc1ccc(-c2nc(SCCN3C(=O)CCC3=O)n[nH]2)cc1. The number of imide groups is 1. The maximum atomic E-state index is 11.5. The molecule has 1 aromatic carbocycles. The topological polar surface area (TPSA) is 88.2 Å². The number of hydrogen-bond acceptors (Lipinski definition) is 6. The Morgan fingerprint density at radius 2 is 1.91 bits per heavy atom. The smallest absolute Gasteiger partial charge is 0.229 e. The molecule has 0 atom stereocenters. The minimum Gasteiger partial charge on any atom is -0.497 e. The molecule has 0 saturated carbocycles. The van der Waals surface area contributed by atoms with Crippen molar-refractivity contribution in [2.45, 2.75) is 18.0 Å². The van der Waals surface area contributed by atoms with Gasteiger partial charge in [-0.1, -0.05) is 11.8 Å². The lowest BCUT2D eigenvalue weighted by Gasteiger charge is -2.11. The second-order valence-electron chi connectivity index (χ2n) is 4.98. The number of aromatic nitrogens is 3. The summed E-state index contributed by atoms with van der Waals surface area (Å²) in [5.74, 6) is 1.84. The van der Waals surface area contributed by atoms with Gasteiger partial charge in [0, 0.05) is 30.7 Å². The van der Waals surface area contributed by atoms with Gasteiger partial charge in [0.25, 0.3) is 0 Å². The highest BCUT2D eigenvalue weighted by atomic mass is 32.2. The summed E-state index contributed by atoms with van der Waals surface area (Å²) in [5, 5.41) is 7.62. The van der Waals surface area contributed by atoms with Gasteiger partial charge in [0.05, 0.1) is 7.11 Å². The van der Waals surface area contributed by atoms with Crippen LogP contribution in [0.4, 0.5) is 0 Å². The highest BCUT2D eigenvalue weighted by Crippen LogP contribution is 2.22. The number of ether oxygens (including phenoxy) is 1. The van der Waals surface area contributed by atoms with E-state index in [0.29, 0.717) is 36.1 Å². The first-order valence-electron chi connectivity index (χ1n) is 7.20. The Morgan fingerprint density at radius 3 is 2.57 bits per heavy atom. The van der Waals surface area contributed by atoms with Crippen molar-refractivity contribution in [1.82, 2.24) is 20.1 Å². The van der Waals surface area contributed by atoms with Crippen molar-refractivity contribution in [3.63, 3.8) is 0 Å². The van der Waals surface area contributed by atoms with Gasteiger partial charge in [-0.05, 0) is 24.3 Å². The van der Waals surface area contributed by atoms with Gasteiger partial charge in [-0.3, -0.25) is 19.6 Å². The first-order valence-corrected chi connectivity index (χ1v) is 8.19. The minimum atomic E-state index is -0.0930. The molecular formula is C15H16N4O3S. The van der Waals surface area contributed by atoms with Crippen LogP contribution in [0.1, 0.15) is 12.8 Å². The maximum absolute atomic E-state index is 11.5. The zero-order valence-corrected chi connectivity index (χ0v) is 13.4. The van der Waals surface area contributed by atoms with Gasteiger partial charge in [-0.2, -0.15) is 0 Å². The number of aromatic amines is 1.